The standard InChI is InChI=1S/C18H17F3N2/c1-2-3-11-23-16-10-9-14(18(19,20)21)12-15(16)17(22-23)13-7-5-4-6-8-13/h4-10,12H,2-3,11H2,1H3. The molecule has 0 unspecified atom stereocenters. The largest absolute Gasteiger partial charge is 0.416 e. The highest BCUT2D eigenvalue weighted by Gasteiger charge is 2.31. The van der Waals surface area contributed by atoms with Crippen LogP contribution in [0.25, 0.3) is 22.2 Å². The molecular formula is C18H17F3N2. The van der Waals surface area contributed by atoms with Crippen LogP contribution in [0.5, 0.6) is 0 Å². The van der Waals surface area contributed by atoms with Crippen molar-refractivity contribution in [1.82, 2.24) is 9.78 Å². The smallest absolute Gasteiger partial charge is 0.264 e. The maximum Gasteiger partial charge on any atom is 0.416 e. The van der Waals surface area contributed by atoms with Gasteiger partial charge in [0.1, 0.15) is 5.69 Å². The lowest BCUT2D eigenvalue weighted by molar-refractivity contribution is -0.137. The highest BCUT2D eigenvalue weighted by atomic mass is 19.4. The fraction of sp³-hybridized carbons (Fsp3) is 0.278. The zero-order valence-corrected chi connectivity index (χ0v) is 12.8. The second-order valence-electron chi connectivity index (χ2n) is 5.52. The van der Waals surface area contributed by atoms with Crippen LogP contribution >= 0.6 is 0 Å². The average molecular weight is 318 g/mol. The summed E-state index contributed by atoms with van der Waals surface area (Å²) < 4.78 is 40.9. The molecule has 0 saturated carbocycles. The van der Waals surface area contributed by atoms with Gasteiger partial charge >= 0.3 is 6.18 Å². The summed E-state index contributed by atoms with van der Waals surface area (Å²) in [4.78, 5) is 0. The second kappa shape index (κ2) is 6.07. The number of nitrogens with zero attached hydrogens (tertiary/aromatic N) is 2. The first-order chi connectivity index (χ1) is 11.0. The lowest BCUT2D eigenvalue weighted by Crippen LogP contribution is -2.04. The van der Waals surface area contributed by atoms with Crippen LogP contribution in [0.1, 0.15) is 25.3 Å². The molecule has 3 aromatic rings. The molecule has 0 atom stereocenters. The number of aryl methyl sites for hydroxylation is 1. The van der Waals surface area contributed by atoms with Crippen molar-refractivity contribution in [3.05, 3.63) is 54.1 Å². The van der Waals surface area contributed by atoms with Crippen molar-refractivity contribution < 1.29 is 13.2 Å². The molecule has 2 nitrogen and oxygen atoms in total. The molecule has 120 valence electrons. The van der Waals surface area contributed by atoms with Crippen molar-refractivity contribution in [2.75, 3.05) is 0 Å². The van der Waals surface area contributed by atoms with Crippen LogP contribution in [0.3, 0.4) is 0 Å². The molecule has 0 bridgehead atoms. The van der Waals surface area contributed by atoms with Crippen LogP contribution in [0.4, 0.5) is 13.2 Å². The van der Waals surface area contributed by atoms with Gasteiger partial charge in [-0.3, -0.25) is 4.68 Å². The number of alkyl halides is 3. The molecule has 0 amide bonds. The third-order valence-electron chi connectivity index (χ3n) is 3.85. The van der Waals surface area contributed by atoms with E-state index in [1.165, 1.54) is 12.1 Å². The Morgan fingerprint density at radius 3 is 2.43 bits per heavy atom. The molecule has 0 fully saturated rings. The number of hydrogen-bond donors (Lipinski definition) is 0. The summed E-state index contributed by atoms with van der Waals surface area (Å²) in [5.74, 6) is 0. The maximum atomic E-state index is 13.0. The molecule has 0 radical (unpaired) electrons. The van der Waals surface area contributed by atoms with E-state index in [1.54, 1.807) is 4.68 Å². The molecule has 1 aromatic heterocycles. The fourth-order valence-electron chi connectivity index (χ4n) is 2.64. The van der Waals surface area contributed by atoms with E-state index in [1.807, 2.05) is 30.3 Å². The Hall–Kier alpha value is -2.30. The molecule has 0 N–H and O–H groups in total. The zero-order valence-electron chi connectivity index (χ0n) is 12.8. The zero-order chi connectivity index (χ0) is 16.4. The Morgan fingerprint density at radius 2 is 1.78 bits per heavy atom. The molecule has 0 aliphatic carbocycles. The molecular weight excluding hydrogens is 301 g/mol. The number of halogens is 3. The quantitative estimate of drug-likeness (QED) is 0.619. The minimum Gasteiger partial charge on any atom is -0.264 e. The summed E-state index contributed by atoms with van der Waals surface area (Å²) in [6, 6.07) is 13.2. The first kappa shape index (κ1) is 15.6. The van der Waals surface area contributed by atoms with Gasteiger partial charge < -0.3 is 0 Å². The van der Waals surface area contributed by atoms with Crippen molar-refractivity contribution >= 4 is 10.9 Å². The summed E-state index contributed by atoms with van der Waals surface area (Å²) >= 11 is 0. The van der Waals surface area contributed by atoms with Gasteiger partial charge in [0.05, 0.1) is 11.1 Å². The van der Waals surface area contributed by atoms with Crippen LogP contribution in [0, 0.1) is 0 Å². The van der Waals surface area contributed by atoms with Gasteiger partial charge in [-0.15, -0.1) is 0 Å². The summed E-state index contributed by atoms with van der Waals surface area (Å²) in [6.07, 6.45) is -2.41. The average Bonchev–Trinajstić information content (AvgIpc) is 2.91. The SMILES string of the molecule is CCCCn1nc(-c2ccccc2)c2cc(C(F)(F)F)ccc21. The van der Waals surface area contributed by atoms with Crippen LogP contribution < -0.4 is 0 Å². The van der Waals surface area contributed by atoms with Gasteiger partial charge in [0, 0.05) is 17.5 Å². The monoisotopic (exact) mass is 318 g/mol. The summed E-state index contributed by atoms with van der Waals surface area (Å²) in [5.41, 5.74) is 1.53. The minimum atomic E-state index is -4.35. The highest BCUT2D eigenvalue weighted by molar-refractivity contribution is 5.93. The number of rotatable bonds is 4. The molecule has 0 spiro atoms. The Kier molecular flexibility index (Phi) is 4.11. The molecule has 0 saturated heterocycles. The summed E-state index contributed by atoms with van der Waals surface area (Å²) in [6.45, 7) is 2.77. The van der Waals surface area contributed by atoms with Crippen molar-refractivity contribution in [1.29, 1.82) is 0 Å². The topological polar surface area (TPSA) is 17.8 Å². The van der Waals surface area contributed by atoms with Crippen molar-refractivity contribution in [2.45, 2.75) is 32.5 Å². The first-order valence-corrected chi connectivity index (χ1v) is 7.64. The summed E-state index contributed by atoms with van der Waals surface area (Å²) in [5, 5.41) is 5.11. The number of hydrogen-bond acceptors (Lipinski definition) is 1. The molecule has 1 heterocycles. The van der Waals surface area contributed by atoms with E-state index in [4.69, 9.17) is 0 Å². The number of fused-ring (bicyclic) bond motifs is 1. The number of benzene rings is 2. The van der Waals surface area contributed by atoms with Crippen LogP contribution in [-0.4, -0.2) is 9.78 Å². The van der Waals surface area contributed by atoms with Crippen molar-refractivity contribution in [2.24, 2.45) is 0 Å². The van der Waals surface area contributed by atoms with Gasteiger partial charge in [0.2, 0.25) is 0 Å². The van der Waals surface area contributed by atoms with Crippen LogP contribution in [0.15, 0.2) is 48.5 Å². The van der Waals surface area contributed by atoms with Gasteiger partial charge in [-0.05, 0) is 24.6 Å². The van der Waals surface area contributed by atoms with E-state index < -0.39 is 11.7 Å². The normalized spacial score (nSPS) is 12.0. The van der Waals surface area contributed by atoms with E-state index >= 15 is 0 Å². The molecule has 2 aromatic carbocycles. The summed E-state index contributed by atoms with van der Waals surface area (Å²) in [7, 11) is 0. The second-order valence-corrected chi connectivity index (χ2v) is 5.52. The van der Waals surface area contributed by atoms with Gasteiger partial charge in [-0.1, -0.05) is 43.7 Å². The van der Waals surface area contributed by atoms with E-state index in [2.05, 4.69) is 12.0 Å². The van der Waals surface area contributed by atoms with Crippen molar-refractivity contribution in [3.63, 3.8) is 0 Å². The Balaban J connectivity index is 2.20. The first-order valence-electron chi connectivity index (χ1n) is 7.64. The van der Waals surface area contributed by atoms with Crippen LogP contribution in [0.2, 0.25) is 0 Å². The van der Waals surface area contributed by atoms with Crippen LogP contribution in [-0.2, 0) is 12.7 Å². The third kappa shape index (κ3) is 3.09. The van der Waals surface area contributed by atoms with E-state index in [-0.39, 0.29) is 0 Å². The maximum absolute atomic E-state index is 13.0. The molecule has 0 aliphatic heterocycles. The number of aromatic nitrogens is 2. The molecule has 3 rings (SSSR count). The van der Waals surface area contributed by atoms with Gasteiger partial charge in [0.15, 0.2) is 0 Å². The lowest BCUT2D eigenvalue weighted by Gasteiger charge is -2.07. The Morgan fingerprint density at radius 1 is 1.04 bits per heavy atom. The lowest BCUT2D eigenvalue weighted by atomic mass is 10.1. The Bertz CT molecular complexity index is 804. The predicted molar refractivity (Wildman–Crippen MR) is 85.1 cm³/mol. The van der Waals surface area contributed by atoms with E-state index in [0.717, 1.165) is 30.0 Å². The van der Waals surface area contributed by atoms with E-state index in [0.29, 0.717) is 17.6 Å². The molecule has 5 heteroatoms. The third-order valence-corrected chi connectivity index (χ3v) is 3.85. The van der Waals surface area contributed by atoms with Gasteiger partial charge in [0.25, 0.3) is 0 Å². The molecule has 23 heavy (non-hydrogen) atoms. The van der Waals surface area contributed by atoms with Gasteiger partial charge in [-0.2, -0.15) is 18.3 Å². The van der Waals surface area contributed by atoms with Gasteiger partial charge in [-0.25, -0.2) is 0 Å². The van der Waals surface area contributed by atoms with Crippen molar-refractivity contribution in [3.8, 4) is 11.3 Å². The molecule has 0 aliphatic rings. The minimum absolute atomic E-state index is 0.544. The number of unbranched alkanes of at least 4 members (excludes halogenated alkanes) is 1. The van der Waals surface area contributed by atoms with E-state index in [9.17, 15) is 13.2 Å². The predicted octanol–water partition coefficient (Wildman–Crippen LogP) is 5.52. The Labute approximate surface area is 132 Å². The highest BCUT2D eigenvalue weighted by Crippen LogP contribution is 2.35. The fourth-order valence-corrected chi connectivity index (χ4v) is 2.64.